The number of rotatable bonds is 16. The van der Waals surface area contributed by atoms with E-state index in [9.17, 15) is 18.0 Å². The van der Waals surface area contributed by atoms with Gasteiger partial charge in [0.1, 0.15) is 11.8 Å². The highest BCUT2D eigenvalue weighted by Gasteiger charge is 2.30. The number of carbonyl (C=O) groups excluding carboxylic acids is 2. The first-order chi connectivity index (χ1) is 20.5. The van der Waals surface area contributed by atoms with Crippen molar-refractivity contribution in [3.63, 3.8) is 0 Å². The molecule has 2 amide bonds. The molecule has 8 nitrogen and oxygen atoms in total. The summed E-state index contributed by atoms with van der Waals surface area (Å²) >= 11 is 6.27. The summed E-state index contributed by atoms with van der Waals surface area (Å²) in [6.45, 7) is 4.90. The van der Waals surface area contributed by atoms with Gasteiger partial charge in [-0.2, -0.15) is 0 Å². The van der Waals surface area contributed by atoms with Gasteiger partial charge in [0.25, 0.3) is 0 Å². The standard InChI is InChI=1S/C33H42ClN3O5S/c1-5-6-20-35-33(39)30(22-26-11-8-7-9-12-26)36(24-27-16-14-25(2)15-17-27)32(38)13-10-21-37(43(4,40)41)28-18-19-31(42-3)29(34)23-28/h7-9,11-12,14-19,23,30H,5-6,10,13,20-22,24H2,1-4H3,(H,35,39). The molecule has 0 spiro atoms. The molecule has 1 atom stereocenters. The summed E-state index contributed by atoms with van der Waals surface area (Å²) in [6.07, 6.45) is 3.55. The third kappa shape index (κ3) is 10.3. The second-order valence-corrected chi connectivity index (χ2v) is 12.9. The highest BCUT2D eigenvalue weighted by molar-refractivity contribution is 7.92. The molecule has 0 aliphatic carbocycles. The summed E-state index contributed by atoms with van der Waals surface area (Å²) < 4.78 is 31.8. The number of hydrogen-bond donors (Lipinski definition) is 1. The lowest BCUT2D eigenvalue weighted by Gasteiger charge is -2.32. The molecule has 1 N–H and O–H groups in total. The summed E-state index contributed by atoms with van der Waals surface area (Å²) in [7, 11) is -2.18. The number of hydrogen-bond acceptors (Lipinski definition) is 5. The summed E-state index contributed by atoms with van der Waals surface area (Å²) in [6, 6.07) is 21.6. The molecular weight excluding hydrogens is 586 g/mol. The zero-order valence-electron chi connectivity index (χ0n) is 25.4. The minimum atomic E-state index is -3.66. The van der Waals surface area contributed by atoms with E-state index in [4.69, 9.17) is 16.3 Å². The van der Waals surface area contributed by atoms with Gasteiger partial charge >= 0.3 is 0 Å². The monoisotopic (exact) mass is 627 g/mol. The van der Waals surface area contributed by atoms with Gasteiger partial charge in [0.05, 0.1) is 24.1 Å². The lowest BCUT2D eigenvalue weighted by molar-refractivity contribution is -0.141. The molecule has 0 aliphatic heterocycles. The lowest BCUT2D eigenvalue weighted by atomic mass is 10.0. The van der Waals surface area contributed by atoms with Gasteiger partial charge in [-0.15, -0.1) is 0 Å². The number of sulfonamides is 1. The molecule has 0 heterocycles. The topological polar surface area (TPSA) is 96.0 Å². The smallest absolute Gasteiger partial charge is 0.243 e. The number of ether oxygens (including phenoxy) is 1. The van der Waals surface area contributed by atoms with E-state index in [-0.39, 0.29) is 42.8 Å². The van der Waals surface area contributed by atoms with Gasteiger partial charge in [-0.05, 0) is 49.1 Å². The molecule has 43 heavy (non-hydrogen) atoms. The summed E-state index contributed by atoms with van der Waals surface area (Å²) in [5.41, 5.74) is 3.33. The maximum atomic E-state index is 13.9. The third-order valence-electron chi connectivity index (χ3n) is 7.15. The molecule has 0 saturated heterocycles. The van der Waals surface area contributed by atoms with E-state index in [1.165, 1.54) is 17.5 Å². The number of aryl methyl sites for hydroxylation is 1. The van der Waals surface area contributed by atoms with Crippen molar-refractivity contribution in [3.05, 3.63) is 94.5 Å². The Kier molecular flexibility index (Phi) is 12.9. The lowest BCUT2D eigenvalue weighted by Crippen LogP contribution is -2.50. The van der Waals surface area contributed by atoms with E-state index < -0.39 is 16.1 Å². The highest BCUT2D eigenvalue weighted by atomic mass is 35.5. The number of methoxy groups -OCH3 is 1. The number of carbonyl (C=O) groups is 2. The summed E-state index contributed by atoms with van der Waals surface area (Å²) in [5.74, 6) is -0.000715. The van der Waals surface area contributed by atoms with Crippen molar-refractivity contribution in [3.8, 4) is 5.75 Å². The summed E-state index contributed by atoms with van der Waals surface area (Å²) in [5, 5.41) is 3.31. The van der Waals surface area contributed by atoms with Crippen LogP contribution in [0, 0.1) is 6.92 Å². The Hall–Kier alpha value is -3.56. The zero-order valence-corrected chi connectivity index (χ0v) is 27.0. The van der Waals surface area contributed by atoms with Crippen molar-refractivity contribution in [1.82, 2.24) is 10.2 Å². The van der Waals surface area contributed by atoms with Gasteiger partial charge in [0, 0.05) is 32.5 Å². The number of anilines is 1. The number of nitrogens with one attached hydrogen (secondary N) is 1. The van der Waals surface area contributed by atoms with Crippen LogP contribution in [0.5, 0.6) is 5.75 Å². The van der Waals surface area contributed by atoms with E-state index >= 15 is 0 Å². The van der Waals surface area contributed by atoms with Crippen molar-refractivity contribution in [2.45, 2.75) is 58.5 Å². The van der Waals surface area contributed by atoms with Gasteiger partial charge in [-0.1, -0.05) is 85.1 Å². The van der Waals surface area contributed by atoms with Gasteiger partial charge < -0.3 is 15.0 Å². The Morgan fingerprint density at radius 2 is 1.67 bits per heavy atom. The first-order valence-electron chi connectivity index (χ1n) is 14.5. The van der Waals surface area contributed by atoms with Crippen molar-refractivity contribution < 1.29 is 22.7 Å². The Labute approximate surface area is 261 Å². The minimum absolute atomic E-state index is 0.0509. The van der Waals surface area contributed by atoms with E-state index in [1.807, 2.05) is 61.5 Å². The first-order valence-corrected chi connectivity index (χ1v) is 16.7. The van der Waals surface area contributed by atoms with Crippen LogP contribution in [0.1, 0.15) is 49.3 Å². The first kappa shape index (κ1) is 33.9. The molecule has 232 valence electrons. The normalized spacial score (nSPS) is 11.9. The van der Waals surface area contributed by atoms with E-state index in [0.29, 0.717) is 24.4 Å². The largest absolute Gasteiger partial charge is 0.495 e. The molecule has 0 fully saturated rings. The average molecular weight is 628 g/mol. The average Bonchev–Trinajstić information content (AvgIpc) is 2.98. The Morgan fingerprint density at radius 1 is 0.977 bits per heavy atom. The third-order valence-corrected chi connectivity index (χ3v) is 8.64. The predicted molar refractivity (Wildman–Crippen MR) is 173 cm³/mol. The van der Waals surface area contributed by atoms with Crippen molar-refractivity contribution >= 4 is 39.1 Å². The van der Waals surface area contributed by atoms with E-state index in [1.54, 1.807) is 17.0 Å². The molecule has 3 rings (SSSR count). The molecular formula is C33H42ClN3O5S. The fourth-order valence-electron chi connectivity index (χ4n) is 4.76. The minimum Gasteiger partial charge on any atom is -0.495 e. The second-order valence-electron chi connectivity index (χ2n) is 10.6. The van der Waals surface area contributed by atoms with Gasteiger partial charge in [-0.3, -0.25) is 13.9 Å². The van der Waals surface area contributed by atoms with Gasteiger partial charge in [0.2, 0.25) is 21.8 Å². The Bertz CT molecular complexity index is 1450. The number of unbranched alkanes of at least 4 members (excludes halogenated alkanes) is 1. The Morgan fingerprint density at radius 3 is 2.28 bits per heavy atom. The van der Waals surface area contributed by atoms with Crippen LogP contribution >= 0.6 is 11.6 Å². The van der Waals surface area contributed by atoms with Crippen LogP contribution in [0.25, 0.3) is 0 Å². The molecule has 1 unspecified atom stereocenters. The second kappa shape index (κ2) is 16.3. The molecule has 0 aliphatic rings. The van der Waals surface area contributed by atoms with E-state index in [2.05, 4.69) is 12.2 Å². The summed E-state index contributed by atoms with van der Waals surface area (Å²) in [4.78, 5) is 29.1. The predicted octanol–water partition coefficient (Wildman–Crippen LogP) is 5.76. The highest BCUT2D eigenvalue weighted by Crippen LogP contribution is 2.30. The van der Waals surface area contributed by atoms with Gasteiger partial charge in [0.15, 0.2) is 0 Å². The van der Waals surface area contributed by atoms with Crippen LogP contribution in [-0.4, -0.2) is 57.6 Å². The van der Waals surface area contributed by atoms with Crippen LogP contribution in [0.2, 0.25) is 5.02 Å². The number of halogens is 1. The van der Waals surface area contributed by atoms with Crippen LogP contribution in [-0.2, 0) is 32.6 Å². The van der Waals surface area contributed by atoms with Crippen molar-refractivity contribution in [1.29, 1.82) is 0 Å². The van der Waals surface area contributed by atoms with Crippen LogP contribution < -0.4 is 14.4 Å². The van der Waals surface area contributed by atoms with Crippen LogP contribution in [0.15, 0.2) is 72.8 Å². The molecule has 3 aromatic rings. The number of nitrogens with zero attached hydrogens (tertiary/aromatic N) is 2. The molecule has 10 heteroatoms. The van der Waals surface area contributed by atoms with Gasteiger partial charge in [-0.25, -0.2) is 8.42 Å². The molecule has 0 radical (unpaired) electrons. The zero-order chi connectivity index (χ0) is 31.4. The fourth-order valence-corrected chi connectivity index (χ4v) is 5.97. The van der Waals surface area contributed by atoms with Crippen molar-refractivity contribution in [2.75, 3.05) is 30.8 Å². The fraction of sp³-hybridized carbons (Fsp3) is 0.394. The maximum absolute atomic E-state index is 13.9. The number of benzene rings is 3. The van der Waals surface area contributed by atoms with E-state index in [0.717, 1.165) is 35.8 Å². The van der Waals surface area contributed by atoms with Crippen molar-refractivity contribution in [2.24, 2.45) is 0 Å². The molecule has 0 saturated carbocycles. The molecule has 3 aromatic carbocycles. The van der Waals surface area contributed by atoms with Crippen LogP contribution in [0.3, 0.4) is 0 Å². The maximum Gasteiger partial charge on any atom is 0.243 e. The molecule has 0 aromatic heterocycles. The SMILES string of the molecule is CCCCNC(=O)C(Cc1ccccc1)N(Cc1ccc(C)cc1)C(=O)CCCN(c1ccc(OC)c(Cl)c1)S(C)(=O)=O. The molecule has 0 bridgehead atoms. The number of amides is 2. The quantitative estimate of drug-likeness (QED) is 0.204. The Balaban J connectivity index is 1.87. The van der Waals surface area contributed by atoms with Crippen LogP contribution in [0.4, 0.5) is 5.69 Å².